The van der Waals surface area contributed by atoms with Crippen LogP contribution in [0.4, 0.5) is 5.82 Å². The molecule has 2 heterocycles. The Morgan fingerprint density at radius 2 is 1.79 bits per heavy atom. The van der Waals surface area contributed by atoms with Crippen LogP contribution in [0.25, 0.3) is 16.9 Å². The average Bonchev–Trinajstić information content (AvgIpc) is 3.05. The zero-order chi connectivity index (χ0) is 19.5. The van der Waals surface area contributed by atoms with Gasteiger partial charge in [-0.15, -0.1) is 11.8 Å². The van der Waals surface area contributed by atoms with E-state index >= 15 is 0 Å². The molecule has 1 amide bonds. The van der Waals surface area contributed by atoms with Gasteiger partial charge in [-0.1, -0.05) is 48.5 Å². The first-order chi connectivity index (χ1) is 13.6. The zero-order valence-corrected chi connectivity index (χ0v) is 16.7. The van der Waals surface area contributed by atoms with E-state index in [1.165, 1.54) is 5.56 Å². The zero-order valence-electron chi connectivity index (χ0n) is 15.8. The number of imidazole rings is 1. The van der Waals surface area contributed by atoms with Crippen LogP contribution in [0, 0.1) is 13.8 Å². The highest BCUT2D eigenvalue weighted by Gasteiger charge is 2.16. The number of pyridine rings is 1. The van der Waals surface area contributed by atoms with E-state index in [9.17, 15) is 4.79 Å². The minimum atomic E-state index is -0.0483. The van der Waals surface area contributed by atoms with Gasteiger partial charge in [0.15, 0.2) is 0 Å². The maximum Gasteiger partial charge on any atom is 0.235 e. The van der Waals surface area contributed by atoms with Gasteiger partial charge in [0.2, 0.25) is 5.91 Å². The number of nitrogens with one attached hydrogen (secondary N) is 1. The highest BCUT2D eigenvalue weighted by molar-refractivity contribution is 8.00. The molecule has 0 atom stereocenters. The van der Waals surface area contributed by atoms with Gasteiger partial charge in [-0.2, -0.15) is 0 Å². The fourth-order valence-electron chi connectivity index (χ4n) is 3.09. The molecule has 140 valence electrons. The first-order valence-corrected chi connectivity index (χ1v) is 10.1. The maximum absolute atomic E-state index is 12.7. The molecule has 2 aromatic carbocycles. The number of hydrogen-bond acceptors (Lipinski definition) is 3. The van der Waals surface area contributed by atoms with Crippen molar-refractivity contribution in [3.63, 3.8) is 0 Å². The molecule has 4 rings (SSSR count). The van der Waals surface area contributed by atoms with E-state index in [-0.39, 0.29) is 5.91 Å². The van der Waals surface area contributed by atoms with Crippen molar-refractivity contribution in [3.05, 3.63) is 84.1 Å². The van der Waals surface area contributed by atoms with E-state index in [1.807, 2.05) is 78.2 Å². The number of aromatic nitrogens is 2. The van der Waals surface area contributed by atoms with E-state index in [1.54, 1.807) is 11.8 Å². The Morgan fingerprint density at radius 3 is 2.57 bits per heavy atom. The van der Waals surface area contributed by atoms with Gasteiger partial charge >= 0.3 is 0 Å². The van der Waals surface area contributed by atoms with Crippen LogP contribution in [0.1, 0.15) is 11.1 Å². The summed E-state index contributed by atoms with van der Waals surface area (Å²) in [6.07, 6.45) is 1.95. The lowest BCUT2D eigenvalue weighted by atomic mass is 10.1. The molecule has 4 nitrogen and oxygen atoms in total. The Hall–Kier alpha value is -3.05. The number of rotatable bonds is 5. The number of benzene rings is 2. The smallest absolute Gasteiger partial charge is 0.235 e. The Balaban J connectivity index is 1.63. The number of anilines is 1. The van der Waals surface area contributed by atoms with Crippen LogP contribution in [0.15, 0.2) is 77.8 Å². The van der Waals surface area contributed by atoms with Crippen molar-refractivity contribution in [3.8, 4) is 11.3 Å². The van der Waals surface area contributed by atoms with Crippen molar-refractivity contribution in [1.29, 1.82) is 0 Å². The second-order valence-corrected chi connectivity index (χ2v) is 7.73. The van der Waals surface area contributed by atoms with Gasteiger partial charge in [0.1, 0.15) is 17.2 Å². The Labute approximate surface area is 168 Å². The lowest BCUT2D eigenvalue weighted by Crippen LogP contribution is -2.16. The molecular formula is C23H21N3OS. The predicted molar refractivity (Wildman–Crippen MR) is 116 cm³/mol. The summed E-state index contributed by atoms with van der Waals surface area (Å²) in [6, 6.07) is 22.1. The monoisotopic (exact) mass is 387 g/mol. The van der Waals surface area contributed by atoms with Crippen LogP contribution >= 0.6 is 11.8 Å². The fourth-order valence-corrected chi connectivity index (χ4v) is 3.92. The number of thioether (sulfide) groups is 1. The summed E-state index contributed by atoms with van der Waals surface area (Å²) >= 11 is 1.54. The van der Waals surface area contributed by atoms with Crippen LogP contribution in [-0.4, -0.2) is 21.0 Å². The molecule has 0 fully saturated rings. The largest absolute Gasteiger partial charge is 0.309 e. The highest BCUT2D eigenvalue weighted by atomic mass is 32.2. The number of aryl methyl sites for hydroxylation is 2. The molecule has 4 aromatic rings. The Morgan fingerprint density at radius 1 is 1.04 bits per heavy atom. The third kappa shape index (κ3) is 3.80. The summed E-state index contributed by atoms with van der Waals surface area (Å²) in [6.45, 7) is 4.09. The normalized spacial score (nSPS) is 10.9. The standard InChI is InChI=1S/C23H21N3OS/c1-16-12-13-26-20(14-16)24-22(18-9-4-3-5-10-18)23(26)25-21(27)15-28-19-11-7-6-8-17(19)2/h3-14H,15H2,1-2H3,(H,25,27). The molecule has 0 saturated heterocycles. The van der Waals surface area contributed by atoms with Gasteiger partial charge in [0, 0.05) is 16.7 Å². The molecule has 2 aromatic heterocycles. The summed E-state index contributed by atoms with van der Waals surface area (Å²) < 4.78 is 1.94. The second-order valence-electron chi connectivity index (χ2n) is 6.71. The number of fused-ring (bicyclic) bond motifs is 1. The molecule has 0 spiro atoms. The number of carbonyl (C=O) groups excluding carboxylic acids is 1. The Bertz CT molecular complexity index is 1140. The van der Waals surface area contributed by atoms with E-state index in [0.29, 0.717) is 11.6 Å². The lowest BCUT2D eigenvalue weighted by molar-refractivity contribution is -0.113. The van der Waals surface area contributed by atoms with Gasteiger partial charge in [0.05, 0.1) is 5.75 Å². The van der Waals surface area contributed by atoms with E-state index < -0.39 is 0 Å². The minimum Gasteiger partial charge on any atom is -0.309 e. The molecule has 0 bridgehead atoms. The predicted octanol–water partition coefficient (Wildman–Crippen LogP) is 5.35. The van der Waals surface area contributed by atoms with Crippen molar-refractivity contribution < 1.29 is 4.79 Å². The molecule has 0 aliphatic heterocycles. The van der Waals surface area contributed by atoms with Crippen LogP contribution in [0.2, 0.25) is 0 Å². The molecule has 5 heteroatoms. The van der Waals surface area contributed by atoms with E-state index in [2.05, 4.69) is 18.3 Å². The topological polar surface area (TPSA) is 46.4 Å². The minimum absolute atomic E-state index is 0.0483. The van der Waals surface area contributed by atoms with Gasteiger partial charge in [-0.05, 0) is 43.2 Å². The quantitative estimate of drug-likeness (QED) is 0.470. The van der Waals surface area contributed by atoms with E-state index in [4.69, 9.17) is 4.98 Å². The van der Waals surface area contributed by atoms with Gasteiger partial charge in [0.25, 0.3) is 0 Å². The summed E-state index contributed by atoms with van der Waals surface area (Å²) in [7, 11) is 0. The number of carbonyl (C=O) groups is 1. The molecule has 0 saturated carbocycles. The van der Waals surface area contributed by atoms with Gasteiger partial charge in [-0.3, -0.25) is 9.20 Å². The van der Waals surface area contributed by atoms with Crippen LogP contribution in [0.3, 0.4) is 0 Å². The second kappa shape index (κ2) is 7.90. The first kappa shape index (κ1) is 18.3. The van der Waals surface area contributed by atoms with Crippen LogP contribution < -0.4 is 5.32 Å². The third-order valence-electron chi connectivity index (χ3n) is 4.54. The highest BCUT2D eigenvalue weighted by Crippen LogP contribution is 2.29. The average molecular weight is 388 g/mol. The Kier molecular flexibility index (Phi) is 5.17. The maximum atomic E-state index is 12.7. The first-order valence-electron chi connectivity index (χ1n) is 9.14. The van der Waals surface area contributed by atoms with Crippen molar-refractivity contribution in [2.24, 2.45) is 0 Å². The van der Waals surface area contributed by atoms with Gasteiger partial charge in [-0.25, -0.2) is 4.98 Å². The fraction of sp³-hybridized carbons (Fsp3) is 0.130. The lowest BCUT2D eigenvalue weighted by Gasteiger charge is -2.09. The van der Waals surface area contributed by atoms with Crippen molar-refractivity contribution in [1.82, 2.24) is 9.38 Å². The summed E-state index contributed by atoms with van der Waals surface area (Å²) in [5.74, 6) is 1.00. The summed E-state index contributed by atoms with van der Waals surface area (Å²) in [5.41, 5.74) is 4.88. The molecule has 0 aliphatic carbocycles. The van der Waals surface area contributed by atoms with Crippen molar-refractivity contribution >= 4 is 29.1 Å². The molecule has 0 unspecified atom stereocenters. The number of amides is 1. The van der Waals surface area contributed by atoms with Gasteiger partial charge < -0.3 is 5.32 Å². The molecule has 28 heavy (non-hydrogen) atoms. The molecule has 1 N–H and O–H groups in total. The number of nitrogens with zero attached hydrogens (tertiary/aromatic N) is 2. The van der Waals surface area contributed by atoms with E-state index in [0.717, 1.165) is 27.4 Å². The summed E-state index contributed by atoms with van der Waals surface area (Å²) in [5, 5.41) is 3.08. The summed E-state index contributed by atoms with van der Waals surface area (Å²) in [4.78, 5) is 18.6. The van der Waals surface area contributed by atoms with Crippen molar-refractivity contribution in [2.75, 3.05) is 11.1 Å². The molecule has 0 aliphatic rings. The molecule has 0 radical (unpaired) electrons. The van der Waals surface area contributed by atoms with Crippen molar-refractivity contribution in [2.45, 2.75) is 18.7 Å². The third-order valence-corrected chi connectivity index (χ3v) is 5.71. The molecular weight excluding hydrogens is 366 g/mol. The number of hydrogen-bond donors (Lipinski definition) is 1. The van der Waals surface area contributed by atoms with Crippen LogP contribution in [0.5, 0.6) is 0 Å². The van der Waals surface area contributed by atoms with Crippen LogP contribution in [-0.2, 0) is 4.79 Å². The SMILES string of the molecule is Cc1ccn2c(NC(=O)CSc3ccccc3C)c(-c3ccccc3)nc2c1.